The van der Waals surface area contributed by atoms with Gasteiger partial charge in [0, 0.05) is 13.6 Å². The van der Waals surface area contributed by atoms with Crippen LogP contribution in [0.2, 0.25) is 5.02 Å². The predicted octanol–water partition coefficient (Wildman–Crippen LogP) is 1.93. The van der Waals surface area contributed by atoms with Crippen molar-refractivity contribution in [1.29, 1.82) is 0 Å². The largest absolute Gasteiger partial charge is 1.00 e. The summed E-state index contributed by atoms with van der Waals surface area (Å²) in [4.78, 5) is 13.0. The second-order valence-corrected chi connectivity index (χ2v) is 7.34. The fourth-order valence-corrected chi connectivity index (χ4v) is 2.70. The molecule has 1 amide bonds. The Morgan fingerprint density at radius 3 is 2.26 bits per heavy atom. The summed E-state index contributed by atoms with van der Waals surface area (Å²) in [5.41, 5.74) is 0.885. The maximum atomic E-state index is 10.5. The number of nitrogens with one attached hydrogen (secondary N) is 1. The Morgan fingerprint density at radius 2 is 1.85 bits per heavy atom. The van der Waals surface area contributed by atoms with Gasteiger partial charge in [-0.15, -0.1) is 0 Å². The van der Waals surface area contributed by atoms with Crippen molar-refractivity contribution in [2.45, 2.75) is 52.7 Å². The van der Waals surface area contributed by atoms with E-state index in [1.54, 1.807) is 0 Å². The van der Waals surface area contributed by atoms with Crippen LogP contribution in [-0.4, -0.2) is 43.3 Å². The van der Waals surface area contributed by atoms with Crippen LogP contribution in [0.3, 0.4) is 0 Å². The molecule has 0 unspecified atom stereocenters. The van der Waals surface area contributed by atoms with E-state index in [-0.39, 0.29) is 88.0 Å². The average Bonchev–Trinajstić information content (AvgIpc) is 3.02. The molecule has 1 heterocycles. The van der Waals surface area contributed by atoms with Gasteiger partial charge in [0.1, 0.15) is 11.4 Å². The van der Waals surface area contributed by atoms with Gasteiger partial charge in [-0.05, 0) is 71.3 Å². The summed E-state index contributed by atoms with van der Waals surface area (Å²) in [6, 6.07) is 6.09. The monoisotopic (exact) mass is 518 g/mol. The molecule has 0 saturated carbocycles. The normalized spacial score (nSPS) is 13.4. The number of halogens is 1. The van der Waals surface area contributed by atoms with Gasteiger partial charge < -0.3 is 22.2 Å². The molecule has 150 valence electrons. The molecular formula is C20H34ClCsN2O3. The third-order valence-corrected chi connectivity index (χ3v) is 3.80. The molecule has 1 N–H and O–H groups in total. The van der Waals surface area contributed by atoms with E-state index in [9.17, 15) is 4.79 Å². The van der Waals surface area contributed by atoms with E-state index in [2.05, 4.69) is 16.3 Å². The first-order valence-electron chi connectivity index (χ1n) is 8.79. The van der Waals surface area contributed by atoms with Crippen LogP contribution in [0.25, 0.3) is 0 Å². The number of carbonyl (C=O) groups is 1. The first-order valence-corrected chi connectivity index (χ1v) is 9.17. The molecule has 7 heteroatoms. The number of hydrogen-bond donors (Lipinski definition) is 1. The Bertz CT molecular complexity index is 545. The summed E-state index contributed by atoms with van der Waals surface area (Å²) < 4.78 is 10.3. The quantitative estimate of drug-likeness (QED) is 0.619. The van der Waals surface area contributed by atoms with E-state index in [1.165, 1.54) is 38.5 Å². The van der Waals surface area contributed by atoms with E-state index in [0.717, 1.165) is 17.3 Å². The minimum Gasteiger partial charge on any atom is -0.492 e. The molecule has 0 aliphatic carbocycles. The van der Waals surface area contributed by atoms with Gasteiger partial charge in [0.15, 0.2) is 0 Å². The first-order chi connectivity index (χ1) is 11.7. The maximum absolute atomic E-state index is 10.5. The number of carbonyl (C=O) groups excluding carboxylic acids is 1. The van der Waals surface area contributed by atoms with Crippen LogP contribution in [-0.2, 0) is 11.3 Å². The minimum absolute atomic E-state index is 0. The van der Waals surface area contributed by atoms with Crippen LogP contribution in [0.4, 0.5) is 4.79 Å². The number of nitrogens with zero attached hydrogens (tertiary/aromatic N) is 1. The number of likely N-dealkylation sites (tertiary alicyclic amines) is 1. The molecule has 1 fully saturated rings. The fraction of sp³-hybridized carbons (Fsp3) is 0.600. The van der Waals surface area contributed by atoms with Gasteiger partial charge in [0.2, 0.25) is 0 Å². The van der Waals surface area contributed by atoms with Crippen LogP contribution >= 0.6 is 11.6 Å². The van der Waals surface area contributed by atoms with Gasteiger partial charge in [-0.2, -0.15) is 0 Å². The molecule has 1 aliphatic rings. The number of benzene rings is 1. The van der Waals surface area contributed by atoms with Gasteiger partial charge in [0.25, 0.3) is 0 Å². The van der Waals surface area contributed by atoms with Crippen molar-refractivity contribution < 1.29 is 83.2 Å². The topological polar surface area (TPSA) is 50.8 Å². The van der Waals surface area contributed by atoms with Crippen molar-refractivity contribution in [2.24, 2.45) is 0 Å². The van der Waals surface area contributed by atoms with Crippen molar-refractivity contribution in [1.82, 2.24) is 10.2 Å². The fourth-order valence-electron chi connectivity index (χ4n) is 2.44. The first kappa shape index (κ1) is 29.8. The number of alkyl carbamates (subject to hydrolysis) is 1. The summed E-state index contributed by atoms with van der Waals surface area (Å²) in [5.74, 6) is 0.786. The van der Waals surface area contributed by atoms with E-state index in [4.69, 9.17) is 21.1 Å². The van der Waals surface area contributed by atoms with Crippen molar-refractivity contribution in [3.05, 3.63) is 36.2 Å². The van der Waals surface area contributed by atoms with Crippen molar-refractivity contribution in [3.8, 4) is 5.75 Å². The molecular weight excluding hydrogens is 485 g/mol. The van der Waals surface area contributed by atoms with E-state index < -0.39 is 0 Å². The molecule has 5 nitrogen and oxygen atoms in total. The van der Waals surface area contributed by atoms with E-state index in [0.29, 0.717) is 6.61 Å². The van der Waals surface area contributed by atoms with Crippen LogP contribution in [0.15, 0.2) is 18.2 Å². The zero-order chi connectivity index (χ0) is 18.9. The maximum Gasteiger partial charge on any atom is 1.00 e. The zero-order valence-electron chi connectivity index (χ0n) is 18.0. The third-order valence-electron chi connectivity index (χ3n) is 3.50. The summed E-state index contributed by atoms with van der Waals surface area (Å²) in [6.45, 7) is 11.5. The van der Waals surface area contributed by atoms with Crippen LogP contribution in [0.5, 0.6) is 5.75 Å². The van der Waals surface area contributed by atoms with E-state index in [1.807, 2.05) is 39.8 Å². The summed E-state index contributed by atoms with van der Waals surface area (Å²) in [5, 5.41) is 3.08. The Morgan fingerprint density at radius 1 is 1.26 bits per heavy atom. The molecule has 0 radical (unpaired) electrons. The molecule has 0 bridgehead atoms. The Balaban J connectivity index is 0. The summed E-state index contributed by atoms with van der Waals surface area (Å²) in [6.07, 6.45) is 2.26. The Kier molecular flexibility index (Phi) is 17.0. The number of hydrogen-bond acceptors (Lipinski definition) is 4. The van der Waals surface area contributed by atoms with Gasteiger partial charge in [-0.3, -0.25) is 4.90 Å². The Hall–Kier alpha value is 0.592. The van der Waals surface area contributed by atoms with Gasteiger partial charge in [-0.1, -0.05) is 17.7 Å². The smallest absolute Gasteiger partial charge is 0.492 e. The summed E-state index contributed by atoms with van der Waals surface area (Å²) in [7, 11) is 1.54. The van der Waals surface area contributed by atoms with Crippen LogP contribution in [0, 0.1) is 7.43 Å². The summed E-state index contributed by atoms with van der Waals surface area (Å²) >= 11 is 6.15. The van der Waals surface area contributed by atoms with Crippen LogP contribution < -0.4 is 78.9 Å². The van der Waals surface area contributed by atoms with Crippen molar-refractivity contribution >= 4 is 17.7 Å². The molecule has 1 aromatic rings. The molecule has 27 heavy (non-hydrogen) atoms. The second kappa shape index (κ2) is 15.4. The Labute approximate surface area is 229 Å². The SMILES string of the molecule is CCOc1ccc(CN2CCCC2)cc1Cl.CNC(=O)OC(C)(C)C.[CH3-].[Cs+]. The van der Waals surface area contributed by atoms with Gasteiger partial charge in [0.05, 0.1) is 11.6 Å². The molecule has 0 aromatic heterocycles. The molecule has 2 rings (SSSR count). The van der Waals surface area contributed by atoms with E-state index >= 15 is 0 Å². The standard InChI is InChI=1S/C13H18ClNO.C6H13NO2.CH3.Cs/c1-2-16-13-6-5-11(9-12(13)14)10-15-7-3-4-8-15;1-6(2,3)9-5(8)7-4;;/h5-6,9H,2-4,7-8,10H2,1H3;1-4H3,(H,7,8);1H3;/q;;-1;+1. The van der Waals surface area contributed by atoms with Crippen molar-refractivity contribution in [3.63, 3.8) is 0 Å². The second-order valence-electron chi connectivity index (χ2n) is 6.93. The number of ether oxygens (including phenoxy) is 2. The molecule has 0 atom stereocenters. The molecule has 1 aliphatic heterocycles. The third kappa shape index (κ3) is 13.4. The van der Waals surface area contributed by atoms with Gasteiger partial charge in [-0.25, -0.2) is 4.79 Å². The van der Waals surface area contributed by atoms with Crippen LogP contribution in [0.1, 0.15) is 46.1 Å². The molecule has 1 aromatic carbocycles. The predicted molar refractivity (Wildman–Crippen MR) is 109 cm³/mol. The van der Waals surface area contributed by atoms with Crippen molar-refractivity contribution in [2.75, 3.05) is 26.7 Å². The average molecular weight is 519 g/mol. The molecule has 1 saturated heterocycles. The number of rotatable bonds is 4. The zero-order valence-corrected chi connectivity index (χ0v) is 25.1. The number of amides is 1. The van der Waals surface area contributed by atoms with Gasteiger partial charge >= 0.3 is 75.0 Å². The molecule has 0 spiro atoms. The minimum atomic E-state index is -0.389.